The van der Waals surface area contributed by atoms with Crippen LogP contribution >= 0.6 is 0 Å². The van der Waals surface area contributed by atoms with Gasteiger partial charge >= 0.3 is 18.1 Å². The van der Waals surface area contributed by atoms with Gasteiger partial charge in [-0.15, -0.1) is 0 Å². The molecule has 5 nitrogen and oxygen atoms in total. The first kappa shape index (κ1) is 23.0. The number of halogens is 3. The summed E-state index contributed by atoms with van der Waals surface area (Å²) in [6, 6.07) is 4.48. The lowest BCUT2D eigenvalue weighted by Gasteiger charge is -2.30. The summed E-state index contributed by atoms with van der Waals surface area (Å²) in [6.45, 7) is 9.93. The van der Waals surface area contributed by atoms with Crippen LogP contribution in [0.2, 0.25) is 0 Å². The van der Waals surface area contributed by atoms with E-state index in [0.29, 0.717) is 11.4 Å². The Labute approximate surface area is 172 Å². The minimum absolute atomic E-state index is 0.0207. The van der Waals surface area contributed by atoms with Crippen LogP contribution in [0.4, 0.5) is 13.2 Å². The Hall–Kier alpha value is -3.29. The maximum absolute atomic E-state index is 13.3. The summed E-state index contributed by atoms with van der Waals surface area (Å²) >= 11 is 0. The predicted octanol–water partition coefficient (Wildman–Crippen LogP) is 4.40. The molecule has 0 unspecified atom stereocenters. The summed E-state index contributed by atoms with van der Waals surface area (Å²) < 4.78 is 50.1. The van der Waals surface area contributed by atoms with Crippen molar-refractivity contribution in [3.8, 4) is 0 Å². The molecule has 0 fully saturated rings. The maximum atomic E-state index is 13.3. The van der Waals surface area contributed by atoms with Gasteiger partial charge in [-0.3, -0.25) is 0 Å². The fraction of sp³-hybridized carbons (Fsp3) is 0.273. The lowest BCUT2D eigenvalue weighted by molar-refractivity contribution is -0.139. The number of hydrogen-bond acceptors (Lipinski definition) is 5. The highest BCUT2D eigenvalue weighted by Gasteiger charge is 2.39. The molecule has 30 heavy (non-hydrogen) atoms. The van der Waals surface area contributed by atoms with Gasteiger partial charge < -0.3 is 14.8 Å². The number of rotatable bonds is 7. The smallest absolute Gasteiger partial charge is 0.416 e. The fourth-order valence-electron chi connectivity index (χ4n) is 3.19. The van der Waals surface area contributed by atoms with Gasteiger partial charge in [0.1, 0.15) is 13.2 Å². The quantitative estimate of drug-likeness (QED) is 0.522. The van der Waals surface area contributed by atoms with Gasteiger partial charge in [-0.25, -0.2) is 9.59 Å². The molecule has 1 heterocycles. The number of carbonyl (C=O) groups excluding carboxylic acids is 2. The van der Waals surface area contributed by atoms with E-state index >= 15 is 0 Å². The second-order valence-electron chi connectivity index (χ2n) is 6.53. The van der Waals surface area contributed by atoms with Crippen LogP contribution in [0, 0.1) is 0 Å². The van der Waals surface area contributed by atoms with Crippen molar-refractivity contribution in [2.75, 3.05) is 13.2 Å². The van der Waals surface area contributed by atoms with E-state index in [9.17, 15) is 22.8 Å². The number of ether oxygens (including phenoxy) is 2. The molecule has 1 aromatic rings. The molecule has 0 saturated carbocycles. The summed E-state index contributed by atoms with van der Waals surface area (Å²) in [6.07, 6.45) is -1.86. The lowest BCUT2D eigenvalue weighted by atomic mass is 9.80. The van der Waals surface area contributed by atoms with Crippen molar-refractivity contribution < 1.29 is 32.2 Å². The maximum Gasteiger partial charge on any atom is 0.416 e. The standard InChI is InChI=1S/C22H22F3NO4/c1-5-10-29-20(27)17-13(3)26-14(4)18(21(28)30-11-6-2)19(17)15-8-7-9-16(12-15)22(23,24)25/h5-9,12,19,26H,1-2,10-11H2,3-4H3. The van der Waals surface area contributed by atoms with E-state index in [2.05, 4.69) is 18.5 Å². The van der Waals surface area contributed by atoms with Crippen LogP contribution in [0.15, 0.2) is 72.1 Å². The minimum atomic E-state index is -4.59. The third-order valence-corrected chi connectivity index (χ3v) is 4.41. The first-order valence-electron chi connectivity index (χ1n) is 9.03. The monoisotopic (exact) mass is 421 g/mol. The largest absolute Gasteiger partial charge is 0.458 e. The zero-order valence-corrected chi connectivity index (χ0v) is 16.6. The molecule has 1 N–H and O–H groups in total. The summed E-state index contributed by atoms with van der Waals surface area (Å²) in [5.41, 5.74) is -0.0132. The molecule has 0 spiro atoms. The Kier molecular flexibility index (Phi) is 7.26. The van der Waals surface area contributed by atoms with E-state index in [1.165, 1.54) is 24.3 Å². The van der Waals surface area contributed by atoms with Gasteiger partial charge in [-0.1, -0.05) is 43.5 Å². The van der Waals surface area contributed by atoms with Crippen LogP contribution in [0.1, 0.15) is 30.9 Å². The zero-order chi connectivity index (χ0) is 22.5. The third kappa shape index (κ3) is 5.00. The van der Waals surface area contributed by atoms with Gasteiger partial charge in [0.05, 0.1) is 22.6 Å². The Balaban J connectivity index is 2.66. The Morgan fingerprint density at radius 1 is 1.03 bits per heavy atom. The minimum Gasteiger partial charge on any atom is -0.458 e. The number of dihydropyridines is 1. The Morgan fingerprint density at radius 3 is 1.97 bits per heavy atom. The molecule has 0 amide bonds. The molecular weight excluding hydrogens is 399 g/mol. The van der Waals surface area contributed by atoms with Crippen molar-refractivity contribution in [2.24, 2.45) is 0 Å². The molecule has 0 atom stereocenters. The fourth-order valence-corrected chi connectivity index (χ4v) is 3.19. The van der Waals surface area contributed by atoms with Crippen LogP contribution in [0.3, 0.4) is 0 Å². The van der Waals surface area contributed by atoms with Crippen molar-refractivity contribution in [1.82, 2.24) is 5.32 Å². The van der Waals surface area contributed by atoms with Crippen LogP contribution in [0.5, 0.6) is 0 Å². The number of hydrogen-bond donors (Lipinski definition) is 1. The molecule has 0 bridgehead atoms. The highest BCUT2D eigenvalue weighted by Crippen LogP contribution is 2.41. The van der Waals surface area contributed by atoms with Crippen molar-refractivity contribution in [1.29, 1.82) is 0 Å². The van der Waals surface area contributed by atoms with E-state index in [1.54, 1.807) is 13.8 Å². The average Bonchev–Trinajstić information content (AvgIpc) is 2.69. The van der Waals surface area contributed by atoms with E-state index in [1.807, 2.05) is 0 Å². The first-order valence-corrected chi connectivity index (χ1v) is 9.03. The number of carbonyl (C=O) groups is 2. The van der Waals surface area contributed by atoms with Gasteiger partial charge in [0.2, 0.25) is 0 Å². The number of nitrogens with one attached hydrogen (secondary N) is 1. The molecule has 2 rings (SSSR count). The number of allylic oxidation sites excluding steroid dienone is 2. The van der Waals surface area contributed by atoms with E-state index in [-0.39, 0.29) is 29.9 Å². The molecule has 0 radical (unpaired) electrons. The molecule has 1 aliphatic rings. The molecule has 1 aliphatic heterocycles. The van der Waals surface area contributed by atoms with Gasteiger partial charge in [-0.2, -0.15) is 13.2 Å². The molecule has 0 aliphatic carbocycles. The average molecular weight is 421 g/mol. The topological polar surface area (TPSA) is 64.6 Å². The highest BCUT2D eigenvalue weighted by molar-refractivity contribution is 6.00. The SMILES string of the molecule is C=CCOC(=O)C1=C(C)NC(C)=C(C(=O)OCC=C)C1c1cccc(C(F)(F)F)c1. The molecular formula is C22H22F3NO4. The number of benzene rings is 1. The first-order chi connectivity index (χ1) is 14.1. The zero-order valence-electron chi connectivity index (χ0n) is 16.6. The summed E-state index contributed by atoms with van der Waals surface area (Å²) in [4.78, 5) is 25.5. The van der Waals surface area contributed by atoms with Crippen LogP contribution in [-0.2, 0) is 25.2 Å². The summed E-state index contributed by atoms with van der Waals surface area (Å²) in [7, 11) is 0. The van der Waals surface area contributed by atoms with Gasteiger partial charge in [0.15, 0.2) is 0 Å². The van der Waals surface area contributed by atoms with E-state index < -0.39 is 29.6 Å². The Morgan fingerprint density at radius 2 is 1.53 bits per heavy atom. The summed E-state index contributed by atoms with van der Waals surface area (Å²) in [5, 5.41) is 2.92. The third-order valence-electron chi connectivity index (χ3n) is 4.41. The second-order valence-corrected chi connectivity index (χ2v) is 6.53. The van der Waals surface area contributed by atoms with Crippen LogP contribution < -0.4 is 5.32 Å². The van der Waals surface area contributed by atoms with E-state index in [4.69, 9.17) is 9.47 Å². The molecule has 0 aromatic heterocycles. The molecule has 8 heteroatoms. The highest BCUT2D eigenvalue weighted by atomic mass is 19.4. The predicted molar refractivity (Wildman–Crippen MR) is 105 cm³/mol. The number of alkyl halides is 3. The van der Waals surface area contributed by atoms with Gasteiger partial charge in [0, 0.05) is 11.4 Å². The molecule has 160 valence electrons. The van der Waals surface area contributed by atoms with E-state index in [0.717, 1.165) is 12.1 Å². The van der Waals surface area contributed by atoms with Crippen molar-refractivity contribution in [3.05, 3.63) is 83.2 Å². The lowest BCUT2D eigenvalue weighted by Crippen LogP contribution is -2.32. The van der Waals surface area contributed by atoms with Crippen molar-refractivity contribution in [2.45, 2.75) is 25.9 Å². The Bertz CT molecular complexity index is 883. The number of esters is 2. The van der Waals surface area contributed by atoms with Crippen molar-refractivity contribution in [3.63, 3.8) is 0 Å². The normalized spacial score (nSPS) is 14.8. The van der Waals surface area contributed by atoms with Gasteiger partial charge in [0.25, 0.3) is 0 Å². The second kappa shape index (κ2) is 9.47. The van der Waals surface area contributed by atoms with Gasteiger partial charge in [-0.05, 0) is 25.5 Å². The van der Waals surface area contributed by atoms with Crippen LogP contribution in [0.25, 0.3) is 0 Å². The summed E-state index contributed by atoms with van der Waals surface area (Å²) in [5.74, 6) is -2.66. The molecule has 1 aromatic carbocycles. The van der Waals surface area contributed by atoms with Crippen LogP contribution in [-0.4, -0.2) is 25.2 Å². The molecule has 0 saturated heterocycles. The van der Waals surface area contributed by atoms with Crippen molar-refractivity contribution >= 4 is 11.9 Å².